The normalized spacial score (nSPS) is 13.4. The van der Waals surface area contributed by atoms with Gasteiger partial charge < -0.3 is 10.8 Å². The fourth-order valence-corrected chi connectivity index (χ4v) is 2.33. The SMILES string of the molecule is C[C@H](N)[C@@H](Cc1ccc(O)cc1)c1cccc(C#N)c1. The second kappa shape index (κ2) is 6.23. The predicted octanol–water partition coefficient (Wildman–Crippen LogP) is 2.94. The Balaban J connectivity index is 2.27. The summed E-state index contributed by atoms with van der Waals surface area (Å²) in [4.78, 5) is 0. The highest BCUT2D eigenvalue weighted by molar-refractivity contribution is 5.36. The van der Waals surface area contributed by atoms with E-state index in [0.717, 1.165) is 17.5 Å². The summed E-state index contributed by atoms with van der Waals surface area (Å²) in [7, 11) is 0. The Kier molecular flexibility index (Phi) is 4.39. The Morgan fingerprint density at radius 1 is 1.20 bits per heavy atom. The van der Waals surface area contributed by atoms with E-state index in [4.69, 9.17) is 11.0 Å². The molecule has 0 radical (unpaired) electrons. The molecule has 0 aliphatic rings. The van der Waals surface area contributed by atoms with Crippen molar-refractivity contribution >= 4 is 0 Å². The van der Waals surface area contributed by atoms with Crippen LogP contribution in [0.15, 0.2) is 48.5 Å². The van der Waals surface area contributed by atoms with Crippen molar-refractivity contribution in [2.75, 3.05) is 0 Å². The topological polar surface area (TPSA) is 70.0 Å². The molecule has 2 aromatic carbocycles. The molecule has 3 heteroatoms. The molecule has 0 unspecified atom stereocenters. The molecule has 2 atom stereocenters. The molecule has 3 nitrogen and oxygen atoms in total. The molecule has 0 bridgehead atoms. The Morgan fingerprint density at radius 2 is 1.90 bits per heavy atom. The van der Waals surface area contributed by atoms with Gasteiger partial charge in [0.25, 0.3) is 0 Å². The van der Waals surface area contributed by atoms with Crippen LogP contribution in [-0.4, -0.2) is 11.1 Å². The Morgan fingerprint density at radius 3 is 2.50 bits per heavy atom. The van der Waals surface area contributed by atoms with Gasteiger partial charge in [-0.05, 0) is 48.7 Å². The van der Waals surface area contributed by atoms with Crippen molar-refractivity contribution in [1.82, 2.24) is 0 Å². The van der Waals surface area contributed by atoms with E-state index in [1.54, 1.807) is 18.2 Å². The summed E-state index contributed by atoms with van der Waals surface area (Å²) in [5.74, 6) is 0.408. The highest BCUT2D eigenvalue weighted by Gasteiger charge is 2.17. The lowest BCUT2D eigenvalue weighted by Gasteiger charge is -2.21. The number of nitriles is 1. The standard InChI is InChI=1S/C17H18N2O/c1-12(19)17(10-13-5-7-16(20)8-6-13)15-4-2-3-14(9-15)11-18/h2-9,12,17,20H,10,19H2,1H3/t12-,17+/m0/s1. The average molecular weight is 266 g/mol. The van der Waals surface area contributed by atoms with Crippen molar-refractivity contribution in [3.05, 3.63) is 65.2 Å². The fourth-order valence-electron chi connectivity index (χ4n) is 2.33. The number of rotatable bonds is 4. The molecule has 0 aromatic heterocycles. The Labute approximate surface area is 119 Å². The van der Waals surface area contributed by atoms with Gasteiger partial charge in [0.2, 0.25) is 0 Å². The molecule has 0 fully saturated rings. The third kappa shape index (κ3) is 3.37. The molecule has 20 heavy (non-hydrogen) atoms. The predicted molar refractivity (Wildman–Crippen MR) is 79.4 cm³/mol. The highest BCUT2D eigenvalue weighted by atomic mass is 16.3. The molecule has 0 aliphatic heterocycles. The van der Waals surface area contributed by atoms with Crippen LogP contribution in [0.4, 0.5) is 0 Å². The second-order valence-electron chi connectivity index (χ2n) is 5.07. The van der Waals surface area contributed by atoms with Crippen molar-refractivity contribution in [2.24, 2.45) is 5.73 Å². The maximum atomic E-state index is 9.32. The molecule has 3 N–H and O–H groups in total. The van der Waals surface area contributed by atoms with E-state index < -0.39 is 0 Å². The first-order valence-corrected chi connectivity index (χ1v) is 6.63. The van der Waals surface area contributed by atoms with E-state index in [2.05, 4.69) is 6.07 Å². The second-order valence-corrected chi connectivity index (χ2v) is 5.07. The first-order valence-electron chi connectivity index (χ1n) is 6.63. The first kappa shape index (κ1) is 14.1. The van der Waals surface area contributed by atoms with Crippen LogP contribution >= 0.6 is 0 Å². The van der Waals surface area contributed by atoms with Crippen LogP contribution < -0.4 is 5.73 Å². The van der Waals surface area contributed by atoms with E-state index >= 15 is 0 Å². The number of phenols is 1. The lowest BCUT2D eigenvalue weighted by Crippen LogP contribution is -2.26. The largest absolute Gasteiger partial charge is 0.508 e. The van der Waals surface area contributed by atoms with Gasteiger partial charge >= 0.3 is 0 Å². The van der Waals surface area contributed by atoms with Crippen molar-refractivity contribution in [3.63, 3.8) is 0 Å². The van der Waals surface area contributed by atoms with Crippen LogP contribution in [0, 0.1) is 11.3 Å². The van der Waals surface area contributed by atoms with Gasteiger partial charge in [0.05, 0.1) is 11.6 Å². The van der Waals surface area contributed by atoms with Crippen LogP contribution in [0.5, 0.6) is 5.75 Å². The number of nitrogens with zero attached hydrogens (tertiary/aromatic N) is 1. The van der Waals surface area contributed by atoms with Crippen molar-refractivity contribution < 1.29 is 5.11 Å². The van der Waals surface area contributed by atoms with Gasteiger partial charge in [-0.3, -0.25) is 0 Å². The van der Waals surface area contributed by atoms with Gasteiger partial charge in [-0.25, -0.2) is 0 Å². The van der Waals surface area contributed by atoms with E-state index in [-0.39, 0.29) is 17.7 Å². The number of nitrogens with two attached hydrogens (primary N) is 1. The number of aromatic hydroxyl groups is 1. The number of hydrogen-bond acceptors (Lipinski definition) is 3. The lowest BCUT2D eigenvalue weighted by molar-refractivity contribution is 0.474. The van der Waals surface area contributed by atoms with E-state index in [9.17, 15) is 5.11 Å². The van der Waals surface area contributed by atoms with E-state index in [1.807, 2.05) is 37.3 Å². The van der Waals surface area contributed by atoms with Gasteiger partial charge in [-0.2, -0.15) is 5.26 Å². The van der Waals surface area contributed by atoms with Crippen LogP contribution in [0.25, 0.3) is 0 Å². The molecule has 0 aliphatic carbocycles. The third-order valence-electron chi connectivity index (χ3n) is 3.47. The highest BCUT2D eigenvalue weighted by Crippen LogP contribution is 2.25. The van der Waals surface area contributed by atoms with Gasteiger partial charge in [-0.15, -0.1) is 0 Å². The molecular weight excluding hydrogens is 248 g/mol. The maximum Gasteiger partial charge on any atom is 0.115 e. The summed E-state index contributed by atoms with van der Waals surface area (Å²) in [5.41, 5.74) is 8.95. The zero-order chi connectivity index (χ0) is 14.5. The number of benzene rings is 2. The van der Waals surface area contributed by atoms with E-state index in [1.165, 1.54) is 0 Å². The summed E-state index contributed by atoms with van der Waals surface area (Å²) in [6, 6.07) is 16.9. The smallest absolute Gasteiger partial charge is 0.115 e. The summed E-state index contributed by atoms with van der Waals surface area (Å²) < 4.78 is 0. The first-order chi connectivity index (χ1) is 9.60. The zero-order valence-corrected chi connectivity index (χ0v) is 11.5. The molecular formula is C17H18N2O. The molecule has 0 heterocycles. The minimum Gasteiger partial charge on any atom is -0.508 e. The summed E-state index contributed by atoms with van der Waals surface area (Å²) >= 11 is 0. The number of phenolic OH excluding ortho intramolecular Hbond substituents is 1. The molecule has 0 spiro atoms. The monoisotopic (exact) mass is 266 g/mol. The fraction of sp³-hybridized carbons (Fsp3) is 0.235. The van der Waals surface area contributed by atoms with Gasteiger partial charge in [0, 0.05) is 12.0 Å². The molecule has 2 rings (SSSR count). The molecule has 0 amide bonds. The quantitative estimate of drug-likeness (QED) is 0.893. The maximum absolute atomic E-state index is 9.32. The van der Waals surface area contributed by atoms with Crippen LogP contribution in [0.3, 0.4) is 0 Å². The Bertz CT molecular complexity index is 612. The van der Waals surface area contributed by atoms with Gasteiger partial charge in [0.1, 0.15) is 5.75 Å². The van der Waals surface area contributed by atoms with Crippen LogP contribution in [0.2, 0.25) is 0 Å². The average Bonchev–Trinajstić information content (AvgIpc) is 2.46. The van der Waals surface area contributed by atoms with Gasteiger partial charge in [0.15, 0.2) is 0 Å². The Hall–Kier alpha value is -2.31. The minimum atomic E-state index is -0.0160. The summed E-state index contributed by atoms with van der Waals surface area (Å²) in [6.07, 6.45) is 0.785. The molecule has 2 aromatic rings. The molecule has 102 valence electrons. The zero-order valence-electron chi connectivity index (χ0n) is 11.5. The van der Waals surface area contributed by atoms with Crippen molar-refractivity contribution in [2.45, 2.75) is 25.3 Å². The minimum absolute atomic E-state index is 0.0160. The summed E-state index contributed by atoms with van der Waals surface area (Å²) in [5, 5.41) is 18.3. The lowest BCUT2D eigenvalue weighted by atomic mass is 9.86. The number of hydrogen-bond donors (Lipinski definition) is 2. The molecule has 0 saturated carbocycles. The van der Waals surface area contributed by atoms with Gasteiger partial charge in [-0.1, -0.05) is 24.3 Å². The third-order valence-corrected chi connectivity index (χ3v) is 3.47. The summed E-state index contributed by atoms with van der Waals surface area (Å²) in [6.45, 7) is 1.98. The van der Waals surface area contributed by atoms with E-state index in [0.29, 0.717) is 5.56 Å². The van der Waals surface area contributed by atoms with Crippen LogP contribution in [0.1, 0.15) is 29.5 Å². The van der Waals surface area contributed by atoms with Crippen molar-refractivity contribution in [1.29, 1.82) is 5.26 Å². The van der Waals surface area contributed by atoms with Crippen LogP contribution in [-0.2, 0) is 6.42 Å². The van der Waals surface area contributed by atoms with Crippen molar-refractivity contribution in [3.8, 4) is 11.8 Å². The molecule has 0 saturated heterocycles.